The first-order valence-electron chi connectivity index (χ1n) is 7.00. The van der Waals surface area contributed by atoms with Crippen molar-refractivity contribution in [3.63, 3.8) is 0 Å². The molecule has 8 heteroatoms. The maximum Gasteiger partial charge on any atom is 0.438 e. The van der Waals surface area contributed by atoms with Crippen LogP contribution in [0, 0.1) is 5.92 Å². The SMILES string of the molecule is CC(C)Cc1nnc([C@@H](C)n2nc(-c3ccco3)oc2=O)o1. The Morgan fingerprint density at radius 2 is 2.05 bits per heavy atom. The first kappa shape index (κ1) is 14.3. The molecule has 0 N–H and O–H groups in total. The lowest BCUT2D eigenvalue weighted by Crippen LogP contribution is -2.21. The van der Waals surface area contributed by atoms with E-state index in [9.17, 15) is 4.79 Å². The minimum atomic E-state index is -0.609. The van der Waals surface area contributed by atoms with Crippen molar-refractivity contribution in [2.45, 2.75) is 33.2 Å². The van der Waals surface area contributed by atoms with Gasteiger partial charge in [-0.15, -0.1) is 15.3 Å². The average Bonchev–Trinajstić information content (AvgIpc) is 3.16. The van der Waals surface area contributed by atoms with Gasteiger partial charge < -0.3 is 13.3 Å². The quantitative estimate of drug-likeness (QED) is 0.712. The second kappa shape index (κ2) is 5.63. The lowest BCUT2D eigenvalue weighted by atomic mass is 10.1. The molecule has 3 heterocycles. The molecule has 0 bridgehead atoms. The molecule has 0 unspecified atom stereocenters. The largest absolute Gasteiger partial charge is 0.459 e. The van der Waals surface area contributed by atoms with Crippen LogP contribution in [0.25, 0.3) is 11.7 Å². The van der Waals surface area contributed by atoms with Crippen molar-refractivity contribution in [2.75, 3.05) is 0 Å². The van der Waals surface area contributed by atoms with Gasteiger partial charge in [-0.2, -0.15) is 4.68 Å². The molecule has 0 fully saturated rings. The van der Waals surface area contributed by atoms with E-state index in [0.29, 0.717) is 29.9 Å². The van der Waals surface area contributed by atoms with Gasteiger partial charge in [-0.3, -0.25) is 0 Å². The molecule has 1 atom stereocenters. The zero-order valence-corrected chi connectivity index (χ0v) is 12.5. The highest BCUT2D eigenvalue weighted by Gasteiger charge is 2.22. The van der Waals surface area contributed by atoms with Crippen molar-refractivity contribution in [1.82, 2.24) is 20.0 Å². The summed E-state index contributed by atoms with van der Waals surface area (Å²) >= 11 is 0. The van der Waals surface area contributed by atoms with Gasteiger partial charge in [0.1, 0.15) is 6.04 Å². The fourth-order valence-electron chi connectivity index (χ4n) is 2.00. The van der Waals surface area contributed by atoms with Gasteiger partial charge in [0.05, 0.1) is 6.26 Å². The molecule has 8 nitrogen and oxygen atoms in total. The molecule has 0 amide bonds. The van der Waals surface area contributed by atoms with E-state index >= 15 is 0 Å². The van der Waals surface area contributed by atoms with E-state index in [0.717, 1.165) is 4.68 Å². The van der Waals surface area contributed by atoms with Crippen LogP contribution < -0.4 is 5.76 Å². The molecule has 0 aliphatic rings. The molecule has 0 aliphatic heterocycles. The lowest BCUT2D eigenvalue weighted by Gasteiger charge is -2.03. The van der Waals surface area contributed by atoms with Crippen LogP contribution in [-0.4, -0.2) is 20.0 Å². The molecule has 0 saturated heterocycles. The zero-order chi connectivity index (χ0) is 15.7. The van der Waals surface area contributed by atoms with E-state index in [4.69, 9.17) is 13.3 Å². The Morgan fingerprint density at radius 3 is 2.73 bits per heavy atom. The van der Waals surface area contributed by atoms with Crippen molar-refractivity contribution in [2.24, 2.45) is 5.92 Å². The van der Waals surface area contributed by atoms with Gasteiger partial charge in [0, 0.05) is 6.42 Å². The van der Waals surface area contributed by atoms with Crippen LogP contribution >= 0.6 is 0 Å². The Balaban J connectivity index is 1.87. The number of nitrogens with zero attached hydrogens (tertiary/aromatic N) is 4. The smallest absolute Gasteiger partial charge is 0.438 e. The van der Waals surface area contributed by atoms with Crippen LogP contribution in [0.1, 0.15) is 38.6 Å². The fourth-order valence-corrected chi connectivity index (χ4v) is 2.00. The van der Waals surface area contributed by atoms with Crippen LogP contribution in [-0.2, 0) is 6.42 Å². The molecule has 22 heavy (non-hydrogen) atoms. The normalized spacial score (nSPS) is 12.9. The number of rotatable bonds is 5. The summed E-state index contributed by atoms with van der Waals surface area (Å²) in [5, 5.41) is 12.1. The summed E-state index contributed by atoms with van der Waals surface area (Å²) in [4.78, 5) is 11.9. The first-order valence-corrected chi connectivity index (χ1v) is 7.00. The Kier molecular flexibility index (Phi) is 3.66. The third kappa shape index (κ3) is 2.72. The second-order valence-electron chi connectivity index (χ2n) is 5.40. The van der Waals surface area contributed by atoms with E-state index in [1.165, 1.54) is 6.26 Å². The summed E-state index contributed by atoms with van der Waals surface area (Å²) in [5.74, 6) is 1.15. The minimum absolute atomic E-state index is 0.115. The molecular formula is C14H16N4O4. The molecule has 0 saturated carbocycles. The number of aromatic nitrogens is 4. The highest BCUT2D eigenvalue weighted by atomic mass is 16.4. The molecule has 3 aromatic rings. The Labute approximate surface area is 125 Å². The average molecular weight is 304 g/mol. The first-order chi connectivity index (χ1) is 10.5. The summed E-state index contributed by atoms with van der Waals surface area (Å²) < 4.78 is 17.0. The number of furan rings is 1. The molecule has 0 spiro atoms. The van der Waals surface area contributed by atoms with E-state index in [-0.39, 0.29) is 5.89 Å². The Hall–Kier alpha value is -2.64. The van der Waals surface area contributed by atoms with Gasteiger partial charge in [-0.1, -0.05) is 13.8 Å². The van der Waals surface area contributed by atoms with Crippen molar-refractivity contribution in [3.8, 4) is 11.7 Å². The monoisotopic (exact) mass is 304 g/mol. The molecule has 0 radical (unpaired) electrons. The van der Waals surface area contributed by atoms with Crippen molar-refractivity contribution in [1.29, 1.82) is 0 Å². The van der Waals surface area contributed by atoms with E-state index < -0.39 is 11.8 Å². The summed E-state index contributed by atoms with van der Waals surface area (Å²) in [6.45, 7) is 5.86. The van der Waals surface area contributed by atoms with Gasteiger partial charge in [-0.25, -0.2) is 4.79 Å². The third-order valence-corrected chi connectivity index (χ3v) is 3.09. The molecular weight excluding hydrogens is 288 g/mol. The van der Waals surface area contributed by atoms with E-state index in [1.54, 1.807) is 19.1 Å². The van der Waals surface area contributed by atoms with Crippen molar-refractivity contribution >= 4 is 0 Å². The van der Waals surface area contributed by atoms with E-state index in [2.05, 4.69) is 29.1 Å². The fraction of sp³-hybridized carbons (Fsp3) is 0.429. The van der Waals surface area contributed by atoms with Gasteiger partial charge in [0.15, 0.2) is 5.76 Å². The van der Waals surface area contributed by atoms with Crippen LogP contribution in [0.4, 0.5) is 0 Å². The van der Waals surface area contributed by atoms with Gasteiger partial charge in [-0.05, 0) is 25.0 Å². The third-order valence-electron chi connectivity index (χ3n) is 3.09. The second-order valence-corrected chi connectivity index (χ2v) is 5.40. The van der Waals surface area contributed by atoms with Crippen molar-refractivity contribution in [3.05, 3.63) is 40.7 Å². The summed E-state index contributed by atoms with van der Waals surface area (Å²) in [6, 6.07) is 2.83. The van der Waals surface area contributed by atoms with Gasteiger partial charge >= 0.3 is 5.76 Å². The van der Waals surface area contributed by atoms with Crippen LogP contribution in [0.2, 0.25) is 0 Å². The van der Waals surface area contributed by atoms with Crippen LogP contribution in [0.5, 0.6) is 0 Å². The highest BCUT2D eigenvalue weighted by molar-refractivity contribution is 5.42. The van der Waals surface area contributed by atoms with Crippen molar-refractivity contribution < 1.29 is 13.3 Å². The number of hydrogen-bond acceptors (Lipinski definition) is 7. The summed E-state index contributed by atoms with van der Waals surface area (Å²) in [6.07, 6.45) is 2.17. The molecule has 3 rings (SSSR count). The highest BCUT2D eigenvalue weighted by Crippen LogP contribution is 2.19. The standard InChI is InChI=1S/C14H16N4O4/c1-8(2)7-11-15-16-12(21-11)9(3)18-14(19)22-13(17-18)10-5-4-6-20-10/h4-6,8-9H,7H2,1-3H3/t9-/m1/s1. The zero-order valence-electron chi connectivity index (χ0n) is 12.5. The molecule has 116 valence electrons. The van der Waals surface area contributed by atoms with Gasteiger partial charge in [0.2, 0.25) is 11.8 Å². The predicted octanol–water partition coefficient (Wildman–Crippen LogP) is 2.29. The summed E-state index contributed by atoms with van der Waals surface area (Å²) in [7, 11) is 0. The van der Waals surface area contributed by atoms with Gasteiger partial charge in [0.25, 0.3) is 5.89 Å². The number of hydrogen-bond donors (Lipinski definition) is 0. The maximum absolute atomic E-state index is 11.9. The molecule has 0 aromatic carbocycles. The lowest BCUT2D eigenvalue weighted by molar-refractivity contribution is 0.363. The molecule has 0 aliphatic carbocycles. The minimum Gasteiger partial charge on any atom is -0.459 e. The Bertz CT molecular complexity index is 797. The molecule has 3 aromatic heterocycles. The predicted molar refractivity (Wildman–Crippen MR) is 75.1 cm³/mol. The summed E-state index contributed by atoms with van der Waals surface area (Å²) in [5.41, 5.74) is 0. The van der Waals surface area contributed by atoms with Crippen LogP contribution in [0.15, 0.2) is 36.4 Å². The van der Waals surface area contributed by atoms with E-state index in [1.807, 2.05) is 0 Å². The topological polar surface area (TPSA) is 100 Å². The Morgan fingerprint density at radius 1 is 1.23 bits per heavy atom. The maximum atomic E-state index is 11.9. The van der Waals surface area contributed by atoms with Crippen LogP contribution in [0.3, 0.4) is 0 Å².